The molecule has 10 amide bonds. The summed E-state index contributed by atoms with van der Waals surface area (Å²) in [5.41, 5.74) is 10.4. The average Bonchev–Trinajstić information content (AvgIpc) is 3.25. The normalized spacial score (nSPS) is 12.0. The highest BCUT2D eigenvalue weighted by atomic mass is 16.2. The molecule has 4 atom stereocenters. The fourth-order valence-electron chi connectivity index (χ4n) is 5.30. The van der Waals surface area contributed by atoms with Crippen LogP contribution in [0.15, 0.2) is 0 Å². The Balaban J connectivity index is -0.000000945. The number of rotatable bonds is 31. The van der Waals surface area contributed by atoms with Gasteiger partial charge in [0.05, 0.1) is 0 Å². The zero-order chi connectivity index (χ0) is 48.6. The molecule has 0 aliphatic heterocycles. The Bertz CT molecular complexity index is 1380. The number of nitrogens with one attached hydrogen (secondary N) is 9. The molecule has 0 aliphatic rings. The van der Waals surface area contributed by atoms with Crippen LogP contribution in [0, 0.1) is 0 Å². The van der Waals surface area contributed by atoms with E-state index in [9.17, 15) is 47.9 Å². The van der Waals surface area contributed by atoms with Crippen LogP contribution in [-0.4, -0.2) is 123 Å². The molecule has 0 aromatic rings. The van der Waals surface area contributed by atoms with Crippen molar-refractivity contribution >= 4 is 59.1 Å². The van der Waals surface area contributed by atoms with Crippen LogP contribution in [-0.2, 0) is 47.9 Å². The lowest BCUT2D eigenvalue weighted by atomic mass is 10.1. The van der Waals surface area contributed by atoms with Gasteiger partial charge >= 0.3 is 0 Å². The van der Waals surface area contributed by atoms with Crippen LogP contribution >= 0.6 is 0 Å². The minimum Gasteiger partial charge on any atom is -0.370 e. The molecule has 364 valence electrons. The Morgan fingerprint density at radius 3 is 0.968 bits per heavy atom. The van der Waals surface area contributed by atoms with Gasteiger partial charge in [0.25, 0.3) is 0 Å². The highest BCUT2D eigenvalue weighted by molar-refractivity contribution is 5.90. The number of amides is 10. The smallest absolute Gasteiger partial charge is 0.242 e. The first-order chi connectivity index (χ1) is 29.9. The van der Waals surface area contributed by atoms with Crippen LogP contribution in [0.5, 0.6) is 0 Å². The monoisotopic (exact) mass is 900 g/mol. The summed E-state index contributed by atoms with van der Waals surface area (Å²) >= 11 is 0. The van der Waals surface area contributed by atoms with Gasteiger partial charge in [-0.05, 0) is 85.6 Å². The summed E-state index contributed by atoms with van der Waals surface area (Å²) in [6.45, 7) is 17.2. The summed E-state index contributed by atoms with van der Waals surface area (Å²) in [5.74, 6) is -2.34. The Morgan fingerprint density at radius 1 is 0.381 bits per heavy atom. The number of likely N-dealkylation sites (N-methyl/N-ethyl adjacent to an activating group) is 4. The third-order valence-electron chi connectivity index (χ3n) is 8.82. The van der Waals surface area contributed by atoms with Crippen molar-refractivity contribution in [3.63, 3.8) is 0 Å². The van der Waals surface area contributed by atoms with Crippen molar-refractivity contribution in [3.05, 3.63) is 0 Å². The predicted octanol–water partition coefficient (Wildman–Crippen LogP) is -0.456. The molecule has 0 aromatic carbocycles. The van der Waals surface area contributed by atoms with E-state index in [0.29, 0.717) is 84.2 Å². The van der Waals surface area contributed by atoms with Gasteiger partial charge in [0, 0.05) is 71.2 Å². The predicted molar refractivity (Wildman–Crippen MR) is 241 cm³/mol. The van der Waals surface area contributed by atoms with Gasteiger partial charge in [-0.2, -0.15) is 0 Å². The van der Waals surface area contributed by atoms with Crippen molar-refractivity contribution in [3.8, 4) is 0 Å². The molecule has 0 heterocycles. The fraction of sp³-hybridized carbons (Fsp3) is 0.762. The number of carbonyl (C=O) groups excluding carboxylic acids is 10. The van der Waals surface area contributed by atoms with E-state index in [-0.39, 0.29) is 85.3 Å². The van der Waals surface area contributed by atoms with Gasteiger partial charge in [-0.3, -0.25) is 47.9 Å². The first-order valence-electron chi connectivity index (χ1n) is 22.5. The lowest BCUT2D eigenvalue weighted by Crippen LogP contribution is -2.47. The first-order valence-corrected chi connectivity index (χ1v) is 22.5. The lowest BCUT2D eigenvalue weighted by molar-refractivity contribution is -0.129. The summed E-state index contributed by atoms with van der Waals surface area (Å²) < 4.78 is 0. The van der Waals surface area contributed by atoms with Crippen LogP contribution < -0.4 is 59.3 Å². The second-order valence-electron chi connectivity index (χ2n) is 14.1. The average molecular weight is 900 g/mol. The van der Waals surface area contributed by atoms with Gasteiger partial charge in [0.1, 0.15) is 24.2 Å². The summed E-state index contributed by atoms with van der Waals surface area (Å²) in [4.78, 5) is 116. The molecule has 13 N–H and O–H groups in total. The Hall–Kier alpha value is -5.34. The molecule has 0 spiro atoms. The third kappa shape index (κ3) is 34.9. The summed E-state index contributed by atoms with van der Waals surface area (Å²) in [7, 11) is 0. The largest absolute Gasteiger partial charge is 0.370 e. The summed E-state index contributed by atoms with van der Waals surface area (Å²) in [6.07, 6.45) is 6.05. The first kappa shape index (κ1) is 62.0. The highest BCUT2D eigenvalue weighted by Crippen LogP contribution is 2.04. The molecule has 0 aliphatic carbocycles. The molecule has 0 rings (SSSR count). The summed E-state index contributed by atoms with van der Waals surface area (Å²) in [5, 5.41) is 24.1. The van der Waals surface area contributed by atoms with Crippen molar-refractivity contribution in [1.82, 2.24) is 47.9 Å². The van der Waals surface area contributed by atoms with E-state index in [2.05, 4.69) is 47.9 Å². The van der Waals surface area contributed by atoms with Crippen molar-refractivity contribution in [2.75, 3.05) is 39.3 Å². The molecule has 0 aromatic heterocycles. The van der Waals surface area contributed by atoms with Gasteiger partial charge in [0.2, 0.25) is 59.1 Å². The van der Waals surface area contributed by atoms with Crippen LogP contribution in [0.1, 0.15) is 145 Å². The SMILES string of the molecule is CCNC(=O)C(CCC(N)=O)NC(=O)CC.CCNC(=O)C(CCCCN)NC(=O)CC.CCNC(=O)C(CCCCNC(=O)CCC(NC(=O)CC)C(=O)NCC)NC(=O)CC. The topological polar surface area (TPSA) is 331 Å². The van der Waals surface area contributed by atoms with E-state index in [4.69, 9.17) is 11.5 Å². The van der Waals surface area contributed by atoms with Gasteiger partial charge in [0.15, 0.2) is 0 Å². The molecule has 0 radical (unpaired) electrons. The van der Waals surface area contributed by atoms with Crippen LogP contribution in [0.3, 0.4) is 0 Å². The van der Waals surface area contributed by atoms with E-state index >= 15 is 0 Å². The van der Waals surface area contributed by atoms with Gasteiger partial charge < -0.3 is 59.3 Å². The quantitative estimate of drug-likeness (QED) is 0.0396. The number of hydrogen-bond donors (Lipinski definition) is 11. The molecule has 0 saturated heterocycles. The second kappa shape index (κ2) is 40.7. The number of carbonyl (C=O) groups is 10. The number of primary amides is 1. The highest BCUT2D eigenvalue weighted by Gasteiger charge is 2.23. The molecule has 0 bridgehead atoms. The van der Waals surface area contributed by atoms with Crippen LogP contribution in [0.4, 0.5) is 0 Å². The molecule has 0 fully saturated rings. The van der Waals surface area contributed by atoms with Crippen LogP contribution in [0.25, 0.3) is 0 Å². The van der Waals surface area contributed by atoms with Gasteiger partial charge in [-0.25, -0.2) is 0 Å². The Kier molecular flexibility index (Phi) is 40.0. The zero-order valence-electron chi connectivity index (χ0n) is 39.2. The standard InChI is InChI=1S/C21H39N5O5.C11H23N3O2.C10H19N3O3/c1-5-17(27)25-15(20(30)22-7-3)11-9-10-14-24-19(29)13-12-16(21(31)23-8-4)26-18(28)6-2;1-3-10(15)14-9(7-5-6-8-12)11(16)13-4-2;1-3-9(15)13-7(5-6-8(11)14)10(16)12-4-2/h15-16H,5-14H2,1-4H3,(H,22,30)(H,23,31)(H,24,29)(H,25,27)(H,26,28);9H,3-8,12H2,1-2H3,(H,13,16)(H,14,15);7H,3-6H2,1-2H3,(H2,11,14)(H,12,16)(H,13,15). The Labute approximate surface area is 374 Å². The third-order valence-corrected chi connectivity index (χ3v) is 8.82. The molecule has 21 nitrogen and oxygen atoms in total. The molecular weight excluding hydrogens is 819 g/mol. The maximum Gasteiger partial charge on any atom is 0.242 e. The maximum absolute atomic E-state index is 12.1. The zero-order valence-corrected chi connectivity index (χ0v) is 39.2. The minimum atomic E-state index is -0.738. The molecule has 21 heteroatoms. The molecule has 4 unspecified atom stereocenters. The van der Waals surface area contributed by atoms with E-state index < -0.39 is 30.1 Å². The number of unbranched alkanes of at least 4 members (excludes halogenated alkanes) is 2. The lowest BCUT2D eigenvalue weighted by Gasteiger charge is -2.18. The van der Waals surface area contributed by atoms with Crippen molar-refractivity contribution in [2.45, 2.75) is 169 Å². The van der Waals surface area contributed by atoms with E-state index in [1.165, 1.54) is 0 Å². The van der Waals surface area contributed by atoms with Crippen molar-refractivity contribution < 1.29 is 47.9 Å². The van der Waals surface area contributed by atoms with Gasteiger partial charge in [-0.1, -0.05) is 27.7 Å². The maximum atomic E-state index is 12.1. The molecule has 63 heavy (non-hydrogen) atoms. The minimum absolute atomic E-state index is 0.0752. The number of nitrogens with two attached hydrogens (primary N) is 2. The molecular formula is C42H81N11O10. The van der Waals surface area contributed by atoms with Crippen LogP contribution in [0.2, 0.25) is 0 Å². The second-order valence-corrected chi connectivity index (χ2v) is 14.1. The van der Waals surface area contributed by atoms with Crippen molar-refractivity contribution in [1.29, 1.82) is 0 Å². The fourth-order valence-corrected chi connectivity index (χ4v) is 5.30. The summed E-state index contributed by atoms with van der Waals surface area (Å²) in [6, 6.07) is -2.42. The van der Waals surface area contributed by atoms with E-state index in [1.54, 1.807) is 41.5 Å². The number of hydrogen-bond acceptors (Lipinski definition) is 11. The van der Waals surface area contributed by atoms with Crippen molar-refractivity contribution in [2.24, 2.45) is 11.5 Å². The Morgan fingerprint density at radius 2 is 0.683 bits per heavy atom. The van der Waals surface area contributed by atoms with E-state index in [1.807, 2.05) is 13.8 Å². The van der Waals surface area contributed by atoms with Gasteiger partial charge in [-0.15, -0.1) is 0 Å². The molecule has 0 saturated carbocycles. The van der Waals surface area contributed by atoms with E-state index in [0.717, 1.165) is 12.8 Å².